The van der Waals surface area contributed by atoms with Crippen LogP contribution in [0.25, 0.3) is 0 Å². The van der Waals surface area contributed by atoms with Gasteiger partial charge in [-0.2, -0.15) is 0 Å². The van der Waals surface area contributed by atoms with E-state index in [0.717, 1.165) is 0 Å². The quantitative estimate of drug-likeness (QED) is 0.127. The van der Waals surface area contributed by atoms with Crippen molar-refractivity contribution in [1.82, 2.24) is 15.5 Å². The molecule has 0 aromatic carbocycles. The lowest BCUT2D eigenvalue weighted by Crippen LogP contribution is -2.54. The highest BCUT2D eigenvalue weighted by molar-refractivity contribution is 5.93. The van der Waals surface area contributed by atoms with Gasteiger partial charge in [0.05, 0.1) is 6.54 Å². The van der Waals surface area contributed by atoms with E-state index in [-0.39, 0.29) is 25.5 Å². The Hall–Kier alpha value is -2.89. The molecule has 1 rings (SSSR count). The topological polar surface area (TPSA) is 206 Å². The lowest BCUT2D eigenvalue weighted by molar-refractivity contribution is -0.142. The number of guanidine groups is 1. The summed E-state index contributed by atoms with van der Waals surface area (Å²) in [5.41, 5.74) is 15.8. The SMILES string of the molecule is NCC(=O)NC(CCCN=C(N)N)C(=O)N1CCCC1C(=O)NCC(=O)O. The standard InChI is InChI=1S/C15H27N7O5/c16-7-11(23)21-9(3-1-5-19-15(17)18)14(27)22-6-2-4-10(22)13(26)20-8-12(24)25/h9-10H,1-8,16H2,(H,20,26)(H,21,23)(H,24,25)(H4,17,18,19). The molecule has 2 atom stereocenters. The molecule has 3 amide bonds. The summed E-state index contributed by atoms with van der Waals surface area (Å²) < 4.78 is 0. The zero-order valence-corrected chi connectivity index (χ0v) is 15.0. The number of hydrogen-bond donors (Lipinski definition) is 6. The van der Waals surface area contributed by atoms with Crippen molar-refractivity contribution in [3.05, 3.63) is 0 Å². The molecule has 1 saturated heterocycles. The molecule has 1 heterocycles. The second-order valence-corrected chi connectivity index (χ2v) is 6.07. The van der Waals surface area contributed by atoms with Crippen molar-refractivity contribution in [3.63, 3.8) is 0 Å². The Labute approximate surface area is 156 Å². The molecule has 1 fully saturated rings. The summed E-state index contributed by atoms with van der Waals surface area (Å²) in [6.45, 7) is -0.177. The number of hydrogen-bond acceptors (Lipinski definition) is 6. The van der Waals surface area contributed by atoms with Gasteiger partial charge in [-0.15, -0.1) is 0 Å². The fourth-order valence-electron chi connectivity index (χ4n) is 2.80. The predicted molar refractivity (Wildman–Crippen MR) is 96.3 cm³/mol. The Balaban J connectivity index is 2.78. The molecule has 0 aliphatic carbocycles. The largest absolute Gasteiger partial charge is 0.480 e. The van der Waals surface area contributed by atoms with E-state index in [2.05, 4.69) is 15.6 Å². The summed E-state index contributed by atoms with van der Waals surface area (Å²) in [7, 11) is 0. The number of aliphatic carboxylic acids is 1. The number of amides is 3. The summed E-state index contributed by atoms with van der Waals surface area (Å²) in [4.78, 5) is 52.5. The van der Waals surface area contributed by atoms with Crippen molar-refractivity contribution in [3.8, 4) is 0 Å². The molecular formula is C15H27N7O5. The van der Waals surface area contributed by atoms with Crippen molar-refractivity contribution in [2.75, 3.05) is 26.2 Å². The van der Waals surface area contributed by atoms with Gasteiger partial charge in [-0.05, 0) is 25.7 Å². The Bertz CT molecular complexity index is 591. The molecule has 152 valence electrons. The Morgan fingerprint density at radius 2 is 1.96 bits per heavy atom. The molecule has 0 saturated carbocycles. The van der Waals surface area contributed by atoms with Crippen LogP contribution in [0.3, 0.4) is 0 Å². The van der Waals surface area contributed by atoms with Crippen LogP contribution >= 0.6 is 0 Å². The van der Waals surface area contributed by atoms with E-state index in [4.69, 9.17) is 22.3 Å². The fraction of sp³-hybridized carbons (Fsp3) is 0.667. The predicted octanol–water partition coefficient (Wildman–Crippen LogP) is -3.32. The molecule has 0 radical (unpaired) electrons. The van der Waals surface area contributed by atoms with E-state index in [1.54, 1.807) is 0 Å². The van der Waals surface area contributed by atoms with Gasteiger partial charge in [-0.25, -0.2) is 0 Å². The molecule has 12 heteroatoms. The Morgan fingerprint density at radius 3 is 2.56 bits per heavy atom. The monoisotopic (exact) mass is 385 g/mol. The Kier molecular flexibility index (Phi) is 8.99. The van der Waals surface area contributed by atoms with Crippen LogP contribution in [0.15, 0.2) is 4.99 Å². The van der Waals surface area contributed by atoms with Crippen LogP contribution in [-0.4, -0.2) is 77.9 Å². The lowest BCUT2D eigenvalue weighted by Gasteiger charge is -2.28. The van der Waals surface area contributed by atoms with Gasteiger partial charge in [0.2, 0.25) is 17.7 Å². The number of carboxylic acid groups (broad SMARTS) is 1. The first-order chi connectivity index (χ1) is 12.8. The summed E-state index contributed by atoms with van der Waals surface area (Å²) in [5.74, 6) is -2.70. The summed E-state index contributed by atoms with van der Waals surface area (Å²) in [6.07, 6.45) is 1.72. The van der Waals surface area contributed by atoms with Gasteiger partial charge in [0.25, 0.3) is 0 Å². The number of nitrogens with one attached hydrogen (secondary N) is 2. The summed E-state index contributed by atoms with van der Waals surface area (Å²) in [6, 6.07) is -1.64. The van der Waals surface area contributed by atoms with Crippen molar-refractivity contribution in [1.29, 1.82) is 0 Å². The second kappa shape index (κ2) is 11.0. The summed E-state index contributed by atoms with van der Waals surface area (Å²) in [5, 5.41) is 13.5. The van der Waals surface area contributed by atoms with Crippen LogP contribution < -0.4 is 27.8 Å². The van der Waals surface area contributed by atoms with E-state index < -0.39 is 42.3 Å². The van der Waals surface area contributed by atoms with E-state index in [1.807, 2.05) is 0 Å². The van der Waals surface area contributed by atoms with Crippen LogP contribution in [0.1, 0.15) is 25.7 Å². The number of carboxylic acids is 1. The minimum Gasteiger partial charge on any atom is -0.480 e. The van der Waals surface area contributed by atoms with Crippen molar-refractivity contribution >= 4 is 29.7 Å². The van der Waals surface area contributed by atoms with E-state index in [0.29, 0.717) is 25.8 Å². The molecule has 1 aliphatic rings. The molecule has 2 unspecified atom stereocenters. The van der Waals surface area contributed by atoms with Crippen LogP contribution in [-0.2, 0) is 19.2 Å². The number of rotatable bonds is 10. The highest BCUT2D eigenvalue weighted by atomic mass is 16.4. The molecule has 0 spiro atoms. The maximum Gasteiger partial charge on any atom is 0.322 e. The van der Waals surface area contributed by atoms with Crippen molar-refractivity contribution < 1.29 is 24.3 Å². The molecular weight excluding hydrogens is 358 g/mol. The first kappa shape index (κ1) is 22.2. The fourth-order valence-corrected chi connectivity index (χ4v) is 2.80. The van der Waals surface area contributed by atoms with Gasteiger partial charge in [0, 0.05) is 13.1 Å². The zero-order valence-electron chi connectivity index (χ0n) is 15.0. The van der Waals surface area contributed by atoms with E-state index in [1.165, 1.54) is 4.90 Å². The van der Waals surface area contributed by atoms with Gasteiger partial charge >= 0.3 is 5.97 Å². The highest BCUT2D eigenvalue weighted by Gasteiger charge is 2.37. The number of aliphatic imine (C=N–C) groups is 1. The van der Waals surface area contributed by atoms with Crippen LogP contribution in [0.5, 0.6) is 0 Å². The Morgan fingerprint density at radius 1 is 1.26 bits per heavy atom. The number of carbonyl (C=O) groups is 4. The van der Waals surface area contributed by atoms with Crippen LogP contribution in [0.2, 0.25) is 0 Å². The molecule has 27 heavy (non-hydrogen) atoms. The van der Waals surface area contributed by atoms with Gasteiger partial charge in [0.1, 0.15) is 18.6 Å². The molecule has 0 aromatic heterocycles. The zero-order chi connectivity index (χ0) is 20.4. The summed E-state index contributed by atoms with van der Waals surface area (Å²) >= 11 is 0. The lowest BCUT2D eigenvalue weighted by atomic mass is 10.1. The molecule has 1 aliphatic heterocycles. The number of carbonyl (C=O) groups excluding carboxylic acids is 3. The molecule has 12 nitrogen and oxygen atoms in total. The average molecular weight is 385 g/mol. The van der Waals surface area contributed by atoms with E-state index >= 15 is 0 Å². The normalized spacial score (nSPS) is 17.1. The second-order valence-electron chi connectivity index (χ2n) is 6.07. The number of nitrogens with two attached hydrogens (primary N) is 3. The third-order valence-electron chi connectivity index (χ3n) is 4.02. The van der Waals surface area contributed by atoms with Gasteiger partial charge in [-0.3, -0.25) is 24.2 Å². The maximum absolute atomic E-state index is 12.9. The van der Waals surface area contributed by atoms with Gasteiger partial charge < -0.3 is 37.8 Å². The molecule has 0 bridgehead atoms. The third-order valence-corrected chi connectivity index (χ3v) is 4.02. The first-order valence-corrected chi connectivity index (χ1v) is 8.61. The first-order valence-electron chi connectivity index (χ1n) is 8.61. The number of likely N-dealkylation sites (tertiary alicyclic amines) is 1. The van der Waals surface area contributed by atoms with Crippen molar-refractivity contribution in [2.24, 2.45) is 22.2 Å². The van der Waals surface area contributed by atoms with Gasteiger partial charge in [-0.1, -0.05) is 0 Å². The van der Waals surface area contributed by atoms with Crippen LogP contribution in [0, 0.1) is 0 Å². The van der Waals surface area contributed by atoms with Gasteiger partial charge in [0.15, 0.2) is 5.96 Å². The number of nitrogens with zero attached hydrogens (tertiary/aromatic N) is 2. The van der Waals surface area contributed by atoms with E-state index in [9.17, 15) is 19.2 Å². The minimum atomic E-state index is -1.17. The molecule has 9 N–H and O–H groups in total. The highest BCUT2D eigenvalue weighted by Crippen LogP contribution is 2.19. The third kappa shape index (κ3) is 7.48. The van der Waals surface area contributed by atoms with Crippen molar-refractivity contribution in [2.45, 2.75) is 37.8 Å². The minimum absolute atomic E-state index is 0.0708. The molecule has 0 aromatic rings. The average Bonchev–Trinajstić information content (AvgIpc) is 3.10. The van der Waals surface area contributed by atoms with Crippen LogP contribution in [0.4, 0.5) is 0 Å². The smallest absolute Gasteiger partial charge is 0.322 e. The maximum atomic E-state index is 12.9.